The number of carboxylic acids is 1. The molecule has 1 amide bonds. The van der Waals surface area contributed by atoms with Crippen molar-refractivity contribution in [1.82, 2.24) is 5.32 Å². The number of amides is 1. The van der Waals surface area contributed by atoms with Gasteiger partial charge >= 0.3 is 0 Å². The first-order valence-electron chi connectivity index (χ1n) is 6.88. The Balaban J connectivity index is 1.80. The number of halogens is 1. The predicted molar refractivity (Wildman–Crippen MR) is 95.7 cm³/mol. The zero-order chi connectivity index (χ0) is 17.1. The third-order valence-electron chi connectivity index (χ3n) is 3.13. The molecule has 7 heteroatoms. The molecule has 1 aliphatic rings. The van der Waals surface area contributed by atoms with Crippen LogP contribution in [0.3, 0.4) is 0 Å². The van der Waals surface area contributed by atoms with Crippen molar-refractivity contribution in [3.05, 3.63) is 69.0 Å². The molecule has 120 valence electrons. The van der Waals surface area contributed by atoms with Gasteiger partial charge in [-0.3, -0.25) is 4.79 Å². The molecule has 1 aliphatic heterocycles. The van der Waals surface area contributed by atoms with Crippen LogP contribution in [-0.2, 0) is 4.79 Å². The van der Waals surface area contributed by atoms with Gasteiger partial charge in [-0.05, 0) is 53.2 Å². The molecule has 3 rings (SSSR count). The van der Waals surface area contributed by atoms with Crippen LogP contribution in [-0.4, -0.2) is 17.0 Å². The number of hydrogen-bond acceptors (Lipinski definition) is 5. The lowest BCUT2D eigenvalue weighted by atomic mass is 10.2. The largest absolute Gasteiger partial charge is 0.545 e. The molecular formula is C17H10BrN2O3S-. The monoisotopic (exact) mass is 401 g/mol. The summed E-state index contributed by atoms with van der Waals surface area (Å²) >= 11 is 4.62. The van der Waals surface area contributed by atoms with Crippen LogP contribution in [0.2, 0.25) is 0 Å². The summed E-state index contributed by atoms with van der Waals surface area (Å²) in [5, 5.41) is 13.9. The topological polar surface area (TPSA) is 81.6 Å². The number of carboxylic acid groups (broad SMARTS) is 1. The molecule has 0 radical (unpaired) electrons. The standard InChI is InChI=1S/C17H11BrN2O3S/c18-12-3-1-2-10(8-12)9-14-15(21)20-17(24-14)19-13-6-4-11(5-7-13)16(22)23/h1-9H,(H,22,23)(H,19,20,21)/p-1/b14-9+. The van der Waals surface area contributed by atoms with Gasteiger partial charge in [0.1, 0.15) is 0 Å². The average molecular weight is 402 g/mol. The second-order valence-corrected chi connectivity index (χ2v) is 6.82. The molecular weight excluding hydrogens is 392 g/mol. The molecule has 0 aliphatic carbocycles. The van der Waals surface area contributed by atoms with Crippen LogP contribution in [0.25, 0.3) is 6.08 Å². The van der Waals surface area contributed by atoms with E-state index < -0.39 is 5.97 Å². The Morgan fingerprint density at radius 1 is 1.21 bits per heavy atom. The van der Waals surface area contributed by atoms with Gasteiger partial charge in [0.2, 0.25) is 0 Å². The van der Waals surface area contributed by atoms with Gasteiger partial charge in [0.05, 0.1) is 16.6 Å². The van der Waals surface area contributed by atoms with E-state index in [1.165, 1.54) is 23.9 Å². The van der Waals surface area contributed by atoms with E-state index in [0.29, 0.717) is 15.8 Å². The summed E-state index contributed by atoms with van der Waals surface area (Å²) in [5.41, 5.74) is 1.53. The van der Waals surface area contributed by atoms with E-state index in [1.54, 1.807) is 18.2 Å². The Morgan fingerprint density at radius 3 is 2.62 bits per heavy atom. The highest BCUT2D eigenvalue weighted by molar-refractivity contribution is 9.10. The Kier molecular flexibility index (Phi) is 4.82. The zero-order valence-electron chi connectivity index (χ0n) is 12.2. The zero-order valence-corrected chi connectivity index (χ0v) is 14.6. The fraction of sp³-hybridized carbons (Fsp3) is 0. The lowest BCUT2D eigenvalue weighted by Gasteiger charge is -2.02. The van der Waals surface area contributed by atoms with Gasteiger partial charge in [0, 0.05) is 4.47 Å². The number of carbonyl (C=O) groups is 2. The van der Waals surface area contributed by atoms with Crippen LogP contribution in [0.15, 0.2) is 62.9 Å². The molecule has 1 fully saturated rings. The highest BCUT2D eigenvalue weighted by atomic mass is 79.9. The fourth-order valence-electron chi connectivity index (χ4n) is 2.02. The van der Waals surface area contributed by atoms with E-state index in [9.17, 15) is 14.7 Å². The summed E-state index contributed by atoms with van der Waals surface area (Å²) in [4.78, 5) is 27.6. The highest BCUT2D eigenvalue weighted by Gasteiger charge is 2.23. The Bertz CT molecular complexity index is 876. The molecule has 0 spiro atoms. The smallest absolute Gasteiger partial charge is 0.264 e. The molecule has 1 heterocycles. The van der Waals surface area contributed by atoms with E-state index in [-0.39, 0.29) is 11.5 Å². The minimum atomic E-state index is -1.24. The number of benzene rings is 2. The quantitative estimate of drug-likeness (QED) is 0.801. The molecule has 0 aromatic heterocycles. The first kappa shape index (κ1) is 16.5. The second-order valence-electron chi connectivity index (χ2n) is 4.87. The number of aromatic carboxylic acids is 1. The lowest BCUT2D eigenvalue weighted by molar-refractivity contribution is -0.255. The van der Waals surface area contributed by atoms with Crippen LogP contribution >= 0.6 is 27.7 Å². The molecule has 0 unspecified atom stereocenters. The molecule has 1 saturated heterocycles. The lowest BCUT2D eigenvalue weighted by Crippen LogP contribution is -2.21. The van der Waals surface area contributed by atoms with Crippen LogP contribution in [0.1, 0.15) is 15.9 Å². The van der Waals surface area contributed by atoms with Crippen molar-refractivity contribution < 1.29 is 14.7 Å². The number of hydrogen-bond donors (Lipinski definition) is 1. The van der Waals surface area contributed by atoms with E-state index in [1.807, 2.05) is 24.3 Å². The third-order valence-corrected chi connectivity index (χ3v) is 4.53. The summed E-state index contributed by atoms with van der Waals surface area (Å²) in [6.45, 7) is 0. The SMILES string of the molecule is O=C1NC(=Nc2ccc(C(=O)[O-])cc2)S/C1=C/c1cccc(Br)c1. The Hall–Kier alpha value is -2.38. The number of nitrogens with one attached hydrogen (secondary N) is 1. The van der Waals surface area contributed by atoms with Crippen LogP contribution in [0, 0.1) is 0 Å². The van der Waals surface area contributed by atoms with E-state index >= 15 is 0 Å². The number of thioether (sulfide) groups is 1. The fourth-order valence-corrected chi connectivity index (χ4v) is 3.28. The number of nitrogens with zero attached hydrogens (tertiary/aromatic N) is 1. The van der Waals surface area contributed by atoms with Crippen molar-refractivity contribution in [1.29, 1.82) is 0 Å². The molecule has 0 saturated carbocycles. The van der Waals surface area contributed by atoms with Crippen molar-refractivity contribution in [3.63, 3.8) is 0 Å². The summed E-state index contributed by atoms with van der Waals surface area (Å²) in [6, 6.07) is 13.5. The molecule has 2 aromatic carbocycles. The second kappa shape index (κ2) is 7.02. The number of aliphatic imine (C=N–C) groups is 1. The molecule has 24 heavy (non-hydrogen) atoms. The Morgan fingerprint density at radius 2 is 1.96 bits per heavy atom. The van der Waals surface area contributed by atoms with Gasteiger partial charge < -0.3 is 15.2 Å². The van der Waals surface area contributed by atoms with E-state index in [2.05, 4.69) is 26.2 Å². The van der Waals surface area contributed by atoms with Gasteiger partial charge in [0.25, 0.3) is 5.91 Å². The van der Waals surface area contributed by atoms with Gasteiger partial charge in [-0.1, -0.05) is 40.2 Å². The van der Waals surface area contributed by atoms with E-state index in [4.69, 9.17) is 0 Å². The Labute approximate surface area is 150 Å². The van der Waals surface area contributed by atoms with Gasteiger partial charge in [-0.25, -0.2) is 4.99 Å². The summed E-state index contributed by atoms with van der Waals surface area (Å²) in [5.74, 6) is -1.46. The van der Waals surface area contributed by atoms with Crippen molar-refractivity contribution in [2.24, 2.45) is 4.99 Å². The minimum Gasteiger partial charge on any atom is -0.545 e. The van der Waals surface area contributed by atoms with E-state index in [0.717, 1.165) is 10.0 Å². The maximum atomic E-state index is 12.0. The van der Waals surface area contributed by atoms with Crippen LogP contribution < -0.4 is 10.4 Å². The number of rotatable bonds is 3. The maximum absolute atomic E-state index is 12.0. The minimum absolute atomic E-state index is 0.0808. The molecule has 2 aromatic rings. The van der Waals surface area contributed by atoms with Crippen molar-refractivity contribution >= 4 is 56.5 Å². The number of carbonyl (C=O) groups excluding carboxylic acids is 2. The average Bonchev–Trinajstić information content (AvgIpc) is 2.87. The van der Waals surface area contributed by atoms with Gasteiger partial charge in [0.15, 0.2) is 5.17 Å². The van der Waals surface area contributed by atoms with Crippen LogP contribution in [0.4, 0.5) is 5.69 Å². The highest BCUT2D eigenvalue weighted by Crippen LogP contribution is 2.28. The normalized spacial score (nSPS) is 17.3. The molecule has 0 atom stereocenters. The summed E-state index contributed by atoms with van der Waals surface area (Å²) < 4.78 is 0.933. The molecule has 1 N–H and O–H groups in total. The van der Waals surface area contributed by atoms with Crippen LogP contribution in [0.5, 0.6) is 0 Å². The third kappa shape index (κ3) is 3.93. The first-order chi connectivity index (χ1) is 11.5. The molecule has 0 bridgehead atoms. The predicted octanol–water partition coefficient (Wildman–Crippen LogP) is 2.70. The van der Waals surface area contributed by atoms with Crippen molar-refractivity contribution in [3.8, 4) is 0 Å². The van der Waals surface area contributed by atoms with Gasteiger partial charge in [-0.15, -0.1) is 0 Å². The van der Waals surface area contributed by atoms with Crippen molar-refractivity contribution in [2.75, 3.05) is 0 Å². The number of amidine groups is 1. The molecule has 5 nitrogen and oxygen atoms in total. The van der Waals surface area contributed by atoms with Gasteiger partial charge in [-0.2, -0.15) is 0 Å². The van der Waals surface area contributed by atoms with Crippen molar-refractivity contribution in [2.45, 2.75) is 0 Å². The maximum Gasteiger partial charge on any atom is 0.264 e. The summed E-state index contributed by atoms with van der Waals surface area (Å²) in [6.07, 6.45) is 1.78. The summed E-state index contributed by atoms with van der Waals surface area (Å²) in [7, 11) is 0. The first-order valence-corrected chi connectivity index (χ1v) is 8.49.